The van der Waals surface area contributed by atoms with Crippen LogP contribution >= 0.6 is 0 Å². The van der Waals surface area contributed by atoms with Gasteiger partial charge in [0.15, 0.2) is 5.78 Å². The van der Waals surface area contributed by atoms with Crippen molar-refractivity contribution < 1.29 is 9.90 Å². The molecule has 0 spiro atoms. The molecule has 1 aliphatic carbocycles. The number of nitrogens with zero attached hydrogens (tertiary/aromatic N) is 5. The van der Waals surface area contributed by atoms with Gasteiger partial charge in [-0.2, -0.15) is 10.4 Å². The number of Topliss-reactive ketones (excluding diaryl/α,β-unsaturated/α-hetero) is 1. The predicted molar refractivity (Wildman–Crippen MR) is 125 cm³/mol. The van der Waals surface area contributed by atoms with Crippen molar-refractivity contribution in [1.29, 1.82) is 5.26 Å². The van der Waals surface area contributed by atoms with Crippen molar-refractivity contribution >= 4 is 17.4 Å². The summed E-state index contributed by atoms with van der Waals surface area (Å²) in [5.41, 5.74) is 4.00. The maximum atomic E-state index is 12.3. The lowest BCUT2D eigenvalue weighted by molar-refractivity contribution is 0.0972. The smallest absolute Gasteiger partial charge is 0.227 e. The third-order valence-electron chi connectivity index (χ3n) is 6.06. The van der Waals surface area contributed by atoms with Crippen LogP contribution < -0.4 is 5.32 Å². The minimum atomic E-state index is -0.302. The predicted octanol–water partition coefficient (Wildman–Crippen LogP) is 4.60. The molecule has 1 aliphatic rings. The second-order valence-corrected chi connectivity index (χ2v) is 8.76. The van der Waals surface area contributed by atoms with E-state index in [1.54, 1.807) is 31.5 Å². The molecule has 1 fully saturated rings. The molecule has 0 aliphatic heterocycles. The molecule has 1 saturated carbocycles. The van der Waals surface area contributed by atoms with Crippen LogP contribution in [0.3, 0.4) is 0 Å². The van der Waals surface area contributed by atoms with Crippen molar-refractivity contribution in [1.82, 2.24) is 19.7 Å². The summed E-state index contributed by atoms with van der Waals surface area (Å²) in [5.74, 6) is 0.128. The summed E-state index contributed by atoms with van der Waals surface area (Å²) in [4.78, 5) is 21.4. The number of aryl methyl sites for hydroxylation is 1. The molecule has 0 bridgehead atoms. The SMILES string of the molecule is Cc1cnc(Nc2cnn(C3CCC(O)CC3)c2)nc1-c1ccc(C(=O)C[C@@H](C)C#N)cc1. The molecule has 1 aromatic carbocycles. The van der Waals surface area contributed by atoms with Crippen molar-refractivity contribution in [2.24, 2.45) is 5.92 Å². The van der Waals surface area contributed by atoms with Gasteiger partial charge < -0.3 is 10.4 Å². The first-order valence-electron chi connectivity index (χ1n) is 11.3. The molecule has 3 aromatic rings. The van der Waals surface area contributed by atoms with Crippen molar-refractivity contribution in [2.45, 2.75) is 58.1 Å². The van der Waals surface area contributed by atoms with Gasteiger partial charge >= 0.3 is 0 Å². The molecule has 8 heteroatoms. The van der Waals surface area contributed by atoms with E-state index < -0.39 is 0 Å². The fourth-order valence-electron chi connectivity index (χ4n) is 4.10. The molecule has 2 aromatic heterocycles. The fourth-order valence-corrected chi connectivity index (χ4v) is 4.10. The lowest BCUT2D eigenvalue weighted by Crippen LogP contribution is -2.21. The number of carbonyl (C=O) groups excluding carboxylic acids is 1. The van der Waals surface area contributed by atoms with Crippen LogP contribution in [0.25, 0.3) is 11.3 Å². The Balaban J connectivity index is 1.47. The van der Waals surface area contributed by atoms with E-state index in [1.807, 2.05) is 29.9 Å². The first-order valence-corrected chi connectivity index (χ1v) is 11.3. The molecule has 4 rings (SSSR count). The summed E-state index contributed by atoms with van der Waals surface area (Å²) in [6.45, 7) is 3.69. The van der Waals surface area contributed by atoms with E-state index in [0.29, 0.717) is 17.6 Å². The van der Waals surface area contributed by atoms with Gasteiger partial charge in [-0.25, -0.2) is 9.97 Å². The number of hydrogen-bond donors (Lipinski definition) is 2. The van der Waals surface area contributed by atoms with Crippen molar-refractivity contribution in [3.63, 3.8) is 0 Å². The zero-order valence-electron chi connectivity index (χ0n) is 18.9. The lowest BCUT2D eigenvalue weighted by atomic mass is 9.93. The number of hydrogen-bond acceptors (Lipinski definition) is 7. The Bertz CT molecular complexity index is 1160. The third kappa shape index (κ3) is 5.44. The van der Waals surface area contributed by atoms with Gasteiger partial charge in [0.05, 0.1) is 41.7 Å². The number of rotatable bonds is 7. The van der Waals surface area contributed by atoms with Crippen LogP contribution in [0.1, 0.15) is 61.0 Å². The zero-order chi connectivity index (χ0) is 23.4. The van der Waals surface area contributed by atoms with Crippen LogP contribution in [0.5, 0.6) is 0 Å². The molecular weight excluding hydrogens is 416 g/mol. The minimum absolute atomic E-state index is 0.0400. The van der Waals surface area contributed by atoms with Gasteiger partial charge in [-0.15, -0.1) is 0 Å². The van der Waals surface area contributed by atoms with Crippen LogP contribution in [-0.2, 0) is 0 Å². The molecule has 8 nitrogen and oxygen atoms in total. The minimum Gasteiger partial charge on any atom is -0.393 e. The van der Waals surface area contributed by atoms with Crippen molar-refractivity contribution in [3.8, 4) is 17.3 Å². The zero-order valence-corrected chi connectivity index (χ0v) is 18.9. The molecule has 2 N–H and O–H groups in total. The normalized spacial score (nSPS) is 19.0. The van der Waals surface area contributed by atoms with E-state index in [4.69, 9.17) is 5.26 Å². The van der Waals surface area contributed by atoms with E-state index in [1.165, 1.54) is 0 Å². The standard InChI is InChI=1S/C25H28N6O2/c1-16(12-26)11-23(33)18-3-5-19(6-4-18)24-17(2)13-27-25(30-24)29-20-14-28-31(15-20)21-7-9-22(32)10-8-21/h3-6,13-16,21-22,32H,7-11H2,1-2H3,(H,27,29,30)/t16-,21?,22?/m1/s1. The van der Waals surface area contributed by atoms with Gasteiger partial charge in [-0.1, -0.05) is 24.3 Å². The number of carbonyl (C=O) groups is 1. The number of aliphatic hydroxyl groups is 1. The van der Waals surface area contributed by atoms with E-state index in [9.17, 15) is 9.90 Å². The molecule has 0 amide bonds. The summed E-state index contributed by atoms with van der Waals surface area (Å²) in [6.07, 6.45) is 8.95. The molecule has 0 radical (unpaired) electrons. The number of aliphatic hydroxyl groups excluding tert-OH is 1. The second-order valence-electron chi connectivity index (χ2n) is 8.76. The Kier molecular flexibility index (Phi) is 6.80. The largest absolute Gasteiger partial charge is 0.393 e. The van der Waals surface area contributed by atoms with Crippen molar-refractivity contribution in [3.05, 3.63) is 54.0 Å². The number of benzene rings is 1. The second kappa shape index (κ2) is 9.92. The highest BCUT2D eigenvalue weighted by atomic mass is 16.3. The Labute approximate surface area is 193 Å². The van der Waals surface area contributed by atoms with Gasteiger partial charge in [-0.05, 0) is 45.1 Å². The summed E-state index contributed by atoms with van der Waals surface area (Å²) in [5, 5.41) is 26.3. The Morgan fingerprint density at radius 3 is 2.67 bits per heavy atom. The molecule has 0 unspecified atom stereocenters. The monoisotopic (exact) mass is 444 g/mol. The summed E-state index contributed by atoms with van der Waals surface area (Å²) >= 11 is 0. The van der Waals surface area contributed by atoms with Gasteiger partial charge in [-0.3, -0.25) is 9.48 Å². The molecule has 1 atom stereocenters. The van der Waals surface area contributed by atoms with Gasteiger partial charge in [0, 0.05) is 29.9 Å². The Hall–Kier alpha value is -3.57. The Morgan fingerprint density at radius 1 is 1.24 bits per heavy atom. The number of aromatic nitrogens is 4. The van der Waals surface area contributed by atoms with Crippen LogP contribution in [0.2, 0.25) is 0 Å². The fraction of sp³-hybridized carbons (Fsp3) is 0.400. The quantitative estimate of drug-likeness (QED) is 0.511. The molecule has 2 heterocycles. The van der Waals surface area contributed by atoms with Gasteiger partial charge in [0.2, 0.25) is 5.95 Å². The van der Waals surface area contributed by atoms with E-state index >= 15 is 0 Å². The third-order valence-corrected chi connectivity index (χ3v) is 6.06. The summed E-state index contributed by atoms with van der Waals surface area (Å²) in [7, 11) is 0. The van der Waals surface area contributed by atoms with Crippen LogP contribution in [-0.4, -0.2) is 36.7 Å². The highest BCUT2D eigenvalue weighted by molar-refractivity contribution is 5.96. The van der Waals surface area contributed by atoms with Crippen LogP contribution in [0, 0.1) is 24.2 Å². The topological polar surface area (TPSA) is 117 Å². The Morgan fingerprint density at radius 2 is 1.97 bits per heavy atom. The summed E-state index contributed by atoms with van der Waals surface area (Å²) in [6, 6.07) is 9.71. The van der Waals surface area contributed by atoms with Crippen LogP contribution in [0.4, 0.5) is 11.6 Å². The highest BCUT2D eigenvalue weighted by Gasteiger charge is 2.21. The van der Waals surface area contributed by atoms with Gasteiger partial charge in [0.25, 0.3) is 0 Å². The molecule has 0 saturated heterocycles. The highest BCUT2D eigenvalue weighted by Crippen LogP contribution is 2.29. The maximum absolute atomic E-state index is 12.3. The number of ketones is 1. The molecular formula is C25H28N6O2. The average Bonchev–Trinajstić information content (AvgIpc) is 3.29. The first-order chi connectivity index (χ1) is 15.9. The van der Waals surface area contributed by atoms with Crippen LogP contribution in [0.15, 0.2) is 42.9 Å². The number of nitriles is 1. The number of nitrogens with one attached hydrogen (secondary N) is 1. The lowest BCUT2D eigenvalue weighted by Gasteiger charge is -2.25. The first kappa shape index (κ1) is 22.6. The molecule has 170 valence electrons. The maximum Gasteiger partial charge on any atom is 0.227 e. The van der Waals surface area contributed by atoms with Crippen molar-refractivity contribution in [2.75, 3.05) is 5.32 Å². The number of anilines is 2. The average molecular weight is 445 g/mol. The summed E-state index contributed by atoms with van der Waals surface area (Å²) < 4.78 is 1.95. The van der Waals surface area contributed by atoms with E-state index in [2.05, 4.69) is 26.5 Å². The van der Waals surface area contributed by atoms with E-state index in [0.717, 1.165) is 48.2 Å². The molecule has 33 heavy (non-hydrogen) atoms. The van der Waals surface area contributed by atoms with E-state index in [-0.39, 0.29) is 24.2 Å². The van der Waals surface area contributed by atoms with Gasteiger partial charge in [0.1, 0.15) is 0 Å².